The van der Waals surface area contributed by atoms with Gasteiger partial charge in [0.1, 0.15) is 0 Å². The van der Waals surface area contributed by atoms with Gasteiger partial charge in [-0.3, -0.25) is 38.4 Å². The van der Waals surface area contributed by atoms with E-state index in [0.717, 1.165) is 135 Å². The van der Waals surface area contributed by atoms with Crippen LogP contribution in [0.2, 0.25) is 0 Å². The van der Waals surface area contributed by atoms with Crippen molar-refractivity contribution >= 4 is 184 Å². The molecule has 0 heterocycles. The van der Waals surface area contributed by atoms with Crippen molar-refractivity contribution in [1.29, 1.82) is 0 Å². The molecule has 0 amide bonds. The van der Waals surface area contributed by atoms with Gasteiger partial charge in [-0.05, 0) is 115 Å². The molecule has 8 aromatic rings. The van der Waals surface area contributed by atoms with Crippen molar-refractivity contribution in [2.75, 3.05) is 0 Å². The third-order valence-corrected chi connectivity index (χ3v) is 24.8. The molecule has 8 rings (SSSR count). The van der Waals surface area contributed by atoms with Gasteiger partial charge in [0.05, 0.1) is 0 Å². The highest BCUT2D eigenvalue weighted by atomic mass is 32.2. The Morgan fingerprint density at radius 3 is 0.765 bits per heavy atom. The van der Waals surface area contributed by atoms with Crippen LogP contribution in [-0.4, -0.2) is 40.9 Å². The molecule has 0 atom stereocenters. The topological polar surface area (TPSA) is 137 Å². The lowest BCUT2D eigenvalue weighted by molar-refractivity contribution is -0.111. The number of carbonyl (C=O) groups excluding carboxylic acids is 8. The van der Waals surface area contributed by atoms with E-state index in [4.69, 9.17) is 0 Å². The first-order valence-corrected chi connectivity index (χ1v) is 48.4. The molecule has 119 heavy (non-hydrogen) atoms. The van der Waals surface area contributed by atoms with Gasteiger partial charge < -0.3 is 0 Å². The summed E-state index contributed by atoms with van der Waals surface area (Å²) in [5.74, 6) is 6.09. The zero-order valence-corrected chi connectivity index (χ0v) is 78.1. The van der Waals surface area contributed by atoms with Crippen LogP contribution in [0.3, 0.4) is 0 Å². The molecule has 0 aliphatic carbocycles. The molecule has 16 heteroatoms. The SMILES string of the molecule is C=Cc1ccc(CSC(=O)CC)cc1.C=Cc1ccc(CSC(=O)CCC)cc1.C=Cc1ccc(CSC(=O)CCCCC)cc1.C=Cc1cccc(CSC(=O)CC)c1.C=Cc1cccc(CSC(=O)CCC)c1.C=Cc1cccc(CSC(=O)CCCCC)c1.C=Cc1ccccc1CSC(=O)CC.C=Cc1ccccc1CSC(C)=O. The van der Waals surface area contributed by atoms with Crippen LogP contribution >= 0.6 is 94.1 Å². The summed E-state index contributed by atoms with van der Waals surface area (Å²) in [6.07, 6.45) is 27.7. The number of thioether (sulfide) groups is 8. The van der Waals surface area contributed by atoms with Crippen LogP contribution in [0.1, 0.15) is 241 Å². The Morgan fingerprint density at radius 1 is 0.244 bits per heavy atom. The fraction of sp³-hybridized carbons (Fsp3) is 0.301. The molecular formula is C103H126O8S8. The maximum absolute atomic E-state index is 11.6. The fourth-order valence-corrected chi connectivity index (χ4v) is 15.9. The molecule has 634 valence electrons. The largest absolute Gasteiger partial charge is 0.288 e. The smallest absolute Gasteiger partial charge is 0.189 e. The second kappa shape index (κ2) is 71.6. The minimum atomic E-state index is 0.152. The lowest BCUT2D eigenvalue weighted by Gasteiger charge is -2.03. The minimum absolute atomic E-state index is 0.152. The van der Waals surface area contributed by atoms with E-state index in [0.29, 0.717) is 55.2 Å². The van der Waals surface area contributed by atoms with Crippen molar-refractivity contribution in [2.24, 2.45) is 0 Å². The highest BCUT2D eigenvalue weighted by molar-refractivity contribution is 8.14. The number of unbranched alkanes of at least 4 members (excludes halogenated alkanes) is 4. The van der Waals surface area contributed by atoms with Crippen LogP contribution < -0.4 is 0 Å². The van der Waals surface area contributed by atoms with E-state index >= 15 is 0 Å². The van der Waals surface area contributed by atoms with Crippen LogP contribution in [-0.2, 0) is 84.4 Å². The number of rotatable bonds is 39. The first kappa shape index (κ1) is 109. The molecule has 8 aromatic carbocycles. The highest BCUT2D eigenvalue weighted by Crippen LogP contribution is 2.25. The van der Waals surface area contributed by atoms with E-state index in [2.05, 4.69) is 103 Å². The Balaban J connectivity index is 0.000000681. The van der Waals surface area contributed by atoms with Crippen molar-refractivity contribution < 1.29 is 38.4 Å². The van der Waals surface area contributed by atoms with Gasteiger partial charge in [0.15, 0.2) is 40.9 Å². The Hall–Kier alpha value is -8.16. The van der Waals surface area contributed by atoms with Gasteiger partial charge in [-0.15, -0.1) is 0 Å². The van der Waals surface area contributed by atoms with Crippen molar-refractivity contribution in [1.82, 2.24) is 0 Å². The van der Waals surface area contributed by atoms with Crippen LogP contribution in [0, 0.1) is 0 Å². The van der Waals surface area contributed by atoms with Gasteiger partial charge >= 0.3 is 0 Å². The predicted octanol–water partition coefficient (Wildman–Crippen LogP) is 30.7. The summed E-state index contributed by atoms with van der Waals surface area (Å²) in [5, 5.41) is 2.06. The second-order valence-corrected chi connectivity index (χ2v) is 34.8. The van der Waals surface area contributed by atoms with E-state index in [1.165, 1.54) is 146 Å². The van der Waals surface area contributed by atoms with E-state index in [-0.39, 0.29) is 30.7 Å². The number of hydrogen-bond donors (Lipinski definition) is 0. The molecule has 0 bridgehead atoms. The summed E-state index contributed by atoms with van der Waals surface area (Å²) >= 11 is 11.1. The van der Waals surface area contributed by atoms with E-state index < -0.39 is 0 Å². The Morgan fingerprint density at radius 2 is 0.504 bits per heavy atom. The molecule has 0 aliphatic rings. The minimum Gasteiger partial charge on any atom is -0.288 e. The maximum atomic E-state index is 11.6. The average molecular weight is 1750 g/mol. The molecule has 0 N–H and O–H groups in total. The lowest BCUT2D eigenvalue weighted by atomic mass is 10.1. The molecule has 0 radical (unpaired) electrons. The first-order valence-electron chi connectivity index (χ1n) is 40.5. The third-order valence-electron chi connectivity index (χ3n) is 16.7. The van der Waals surface area contributed by atoms with Crippen LogP contribution in [0.5, 0.6) is 0 Å². The van der Waals surface area contributed by atoms with Crippen molar-refractivity contribution in [3.63, 3.8) is 0 Å². The normalized spacial score (nSPS) is 9.92. The zero-order chi connectivity index (χ0) is 88.1. The maximum Gasteiger partial charge on any atom is 0.189 e. The summed E-state index contributed by atoms with van der Waals surface area (Å²) in [5.41, 5.74) is 18.4. The molecule has 0 saturated carbocycles. The zero-order valence-electron chi connectivity index (χ0n) is 71.5. The summed E-state index contributed by atoms with van der Waals surface area (Å²) in [6.45, 7) is 45.3. The summed E-state index contributed by atoms with van der Waals surface area (Å²) in [7, 11) is 0. The monoisotopic (exact) mass is 1750 g/mol. The highest BCUT2D eigenvalue weighted by Gasteiger charge is 2.09. The van der Waals surface area contributed by atoms with E-state index in [9.17, 15) is 38.4 Å². The first-order chi connectivity index (χ1) is 57.6. The number of hydrogen-bond acceptors (Lipinski definition) is 16. The molecule has 0 unspecified atom stereocenters. The Kier molecular flexibility index (Phi) is 65.5. The molecule has 0 aromatic heterocycles. The lowest BCUT2D eigenvalue weighted by Crippen LogP contribution is -1.93. The predicted molar refractivity (Wildman–Crippen MR) is 537 cm³/mol. The molecular weight excluding hydrogens is 1620 g/mol. The van der Waals surface area contributed by atoms with Gasteiger partial charge in [0.2, 0.25) is 0 Å². The molecule has 0 fully saturated rings. The van der Waals surface area contributed by atoms with Gasteiger partial charge in [-0.25, -0.2) is 0 Å². The van der Waals surface area contributed by atoms with E-state index in [1.807, 2.05) is 241 Å². The number of benzene rings is 8. The second-order valence-electron chi connectivity index (χ2n) is 26.4. The van der Waals surface area contributed by atoms with Crippen LogP contribution in [0.4, 0.5) is 0 Å². The third kappa shape index (κ3) is 55.4. The van der Waals surface area contributed by atoms with Crippen molar-refractivity contribution in [3.05, 3.63) is 336 Å². The molecule has 8 nitrogen and oxygen atoms in total. The van der Waals surface area contributed by atoms with Gasteiger partial charge in [-0.1, -0.05) is 464 Å². The van der Waals surface area contributed by atoms with Gasteiger partial charge in [-0.2, -0.15) is 0 Å². The van der Waals surface area contributed by atoms with Crippen LogP contribution in [0.15, 0.2) is 247 Å². The molecule has 0 spiro atoms. The van der Waals surface area contributed by atoms with Crippen molar-refractivity contribution in [2.45, 2.75) is 198 Å². The fourth-order valence-electron chi connectivity index (χ4n) is 9.77. The standard InChI is InChI=1S/2C15H20OS.2C13H16OS.3C12H14OS.C11H12OS/c1-3-5-6-10-15(16)17-12-14-9-7-8-13(4-2)11-14;1-3-5-6-7-15(16)17-12-14-10-8-13(4-2)9-11-14;1-3-6-13(14)15-10-12-8-5-7-11(4-2)9-12;1-3-5-13(14)15-10-12-8-6-11(4-2)7-9-12;1-3-10-5-7-11(8-6-10)9-14-12(13)4-2;1-3-10-6-5-7-11(8-10)9-14-12(13)4-2;1-3-10-7-5-6-8-11(10)9-14-12(13)4-2;1-3-10-6-4-5-7-11(10)8-13-9(2)12/h4,7-9,11H,2-3,5-6,10,12H2,1H3;4,8-11H,2-3,5-7,12H2,1H3;4-5,7-9H,2-3,6,10H2,1H3;4,6-9H,2-3,5,10H2,1H3;3*3,5-8H,1,4,9H2,2H3;3-7H,1,8H2,2H3. The quantitative estimate of drug-likeness (QED) is 0.0338. The Bertz CT molecular complexity index is 4350. The van der Waals surface area contributed by atoms with E-state index in [1.54, 1.807) is 6.92 Å². The van der Waals surface area contributed by atoms with Gasteiger partial charge in [0, 0.05) is 97.9 Å². The molecule has 0 aliphatic heterocycles. The van der Waals surface area contributed by atoms with Crippen molar-refractivity contribution in [3.8, 4) is 0 Å². The number of carbonyl (C=O) groups is 8. The Labute approximate surface area is 749 Å². The summed E-state index contributed by atoms with van der Waals surface area (Å²) in [4.78, 5) is 89.8. The summed E-state index contributed by atoms with van der Waals surface area (Å²) < 4.78 is 0. The van der Waals surface area contributed by atoms with Gasteiger partial charge in [0.25, 0.3) is 0 Å². The van der Waals surface area contributed by atoms with Crippen LogP contribution in [0.25, 0.3) is 48.6 Å². The summed E-state index contributed by atoms with van der Waals surface area (Å²) in [6, 6.07) is 64.8. The molecule has 0 saturated heterocycles. The average Bonchev–Trinajstić information content (AvgIpc) is 0.921.